The highest BCUT2D eigenvalue weighted by atomic mass is 19.4. The number of aromatic nitrogens is 1. The van der Waals surface area contributed by atoms with Crippen molar-refractivity contribution in [1.29, 1.82) is 0 Å². The second-order valence-corrected chi connectivity index (χ2v) is 7.76. The van der Waals surface area contributed by atoms with E-state index in [1.54, 1.807) is 0 Å². The van der Waals surface area contributed by atoms with Crippen LogP contribution in [0.25, 0.3) is 0 Å². The molecule has 7 nitrogen and oxygen atoms in total. The summed E-state index contributed by atoms with van der Waals surface area (Å²) in [6, 6.07) is 1.35. The summed E-state index contributed by atoms with van der Waals surface area (Å²) in [6.07, 6.45) is -4.57. The van der Waals surface area contributed by atoms with Crippen LogP contribution in [0.1, 0.15) is 42.7 Å². The molecule has 0 aliphatic heterocycles. The number of aliphatic hydroxyl groups is 1. The topological polar surface area (TPSA) is 117 Å². The number of carbonyl (C=O) groups excluding carboxylic acids is 2. The van der Waals surface area contributed by atoms with Gasteiger partial charge in [-0.15, -0.1) is 0 Å². The molecule has 0 unspecified atom stereocenters. The molecule has 1 aliphatic carbocycles. The van der Waals surface area contributed by atoms with Crippen molar-refractivity contribution in [2.45, 2.75) is 57.1 Å². The number of rotatable bonds is 8. The van der Waals surface area contributed by atoms with Crippen LogP contribution in [0.3, 0.4) is 0 Å². The summed E-state index contributed by atoms with van der Waals surface area (Å²) < 4.78 is 50.8. The first-order valence-corrected chi connectivity index (χ1v) is 9.04. The standard InChI is InChI=1S/C18H24F4N4O3/c1-17(2,29)13(19)7-12-14(15(23)27)11(3-4-24-12)26-10-5-9(6-10)8-25-16(28)18(20,21)22/h3-4,9-10,13,29H,5-8H2,1-2H3,(H2,23,27)(H,24,26)(H,25,28)/t9?,10?,13-/m1/s1. The van der Waals surface area contributed by atoms with E-state index < -0.39 is 29.8 Å². The summed E-state index contributed by atoms with van der Waals surface area (Å²) in [4.78, 5) is 26.7. The summed E-state index contributed by atoms with van der Waals surface area (Å²) >= 11 is 0. The molecule has 0 radical (unpaired) electrons. The maximum atomic E-state index is 14.2. The highest BCUT2D eigenvalue weighted by Gasteiger charge is 2.39. The van der Waals surface area contributed by atoms with Crippen LogP contribution in [-0.4, -0.2) is 52.4 Å². The molecule has 11 heteroatoms. The number of pyridine rings is 1. The number of anilines is 1. The summed E-state index contributed by atoms with van der Waals surface area (Å²) in [6.45, 7) is 2.50. The molecule has 2 rings (SSSR count). The molecule has 1 aliphatic rings. The van der Waals surface area contributed by atoms with Gasteiger partial charge in [0.25, 0.3) is 5.91 Å². The van der Waals surface area contributed by atoms with E-state index in [0.717, 1.165) is 0 Å². The van der Waals surface area contributed by atoms with Crippen LogP contribution in [0.2, 0.25) is 0 Å². The van der Waals surface area contributed by atoms with E-state index in [0.29, 0.717) is 18.5 Å². The van der Waals surface area contributed by atoms with Gasteiger partial charge in [0.1, 0.15) is 6.17 Å². The highest BCUT2D eigenvalue weighted by molar-refractivity contribution is 5.99. The second kappa shape index (κ2) is 8.52. The number of halogens is 4. The molecule has 162 valence electrons. The molecular formula is C18H24F4N4O3. The van der Waals surface area contributed by atoms with Gasteiger partial charge in [-0.3, -0.25) is 14.6 Å². The summed E-state index contributed by atoms with van der Waals surface area (Å²) in [5.74, 6) is -2.93. The number of nitrogens with one attached hydrogen (secondary N) is 2. The first-order chi connectivity index (χ1) is 13.3. The number of amides is 2. The van der Waals surface area contributed by atoms with Crippen LogP contribution >= 0.6 is 0 Å². The summed E-state index contributed by atoms with van der Waals surface area (Å²) in [5, 5.41) is 14.7. The SMILES string of the molecule is CC(C)(O)[C@H](F)Cc1nccc(NC2CC(CNC(=O)C(F)(F)F)C2)c1C(N)=O. The summed E-state index contributed by atoms with van der Waals surface area (Å²) in [7, 11) is 0. The molecule has 0 aromatic carbocycles. The zero-order valence-electron chi connectivity index (χ0n) is 16.0. The van der Waals surface area contributed by atoms with Gasteiger partial charge in [-0.05, 0) is 38.7 Å². The van der Waals surface area contributed by atoms with Crippen LogP contribution in [0.15, 0.2) is 12.3 Å². The Balaban J connectivity index is 1.99. The maximum absolute atomic E-state index is 14.2. The fourth-order valence-corrected chi connectivity index (χ4v) is 3.05. The van der Waals surface area contributed by atoms with Crippen molar-refractivity contribution in [3.8, 4) is 0 Å². The Morgan fingerprint density at radius 3 is 2.48 bits per heavy atom. The van der Waals surface area contributed by atoms with Crippen LogP contribution < -0.4 is 16.4 Å². The van der Waals surface area contributed by atoms with Crippen molar-refractivity contribution < 1.29 is 32.3 Å². The minimum absolute atomic E-state index is 0.00761. The lowest BCUT2D eigenvalue weighted by Crippen LogP contribution is -2.45. The van der Waals surface area contributed by atoms with Crippen molar-refractivity contribution in [3.63, 3.8) is 0 Å². The number of alkyl halides is 4. The predicted octanol–water partition coefficient (Wildman–Crippen LogP) is 1.70. The lowest BCUT2D eigenvalue weighted by Gasteiger charge is -2.37. The third kappa shape index (κ3) is 6.02. The number of hydrogen-bond donors (Lipinski definition) is 4. The van der Waals surface area contributed by atoms with E-state index in [1.807, 2.05) is 5.32 Å². The first-order valence-electron chi connectivity index (χ1n) is 9.04. The fraction of sp³-hybridized carbons (Fsp3) is 0.611. The van der Waals surface area contributed by atoms with Gasteiger partial charge in [0, 0.05) is 25.2 Å². The molecule has 1 aromatic rings. The monoisotopic (exact) mass is 420 g/mol. The van der Waals surface area contributed by atoms with Crippen molar-refractivity contribution in [2.75, 3.05) is 11.9 Å². The van der Waals surface area contributed by atoms with E-state index in [1.165, 1.54) is 26.1 Å². The molecule has 1 aromatic heterocycles. The zero-order valence-corrected chi connectivity index (χ0v) is 16.0. The van der Waals surface area contributed by atoms with Gasteiger partial charge in [0.2, 0.25) is 0 Å². The van der Waals surface area contributed by atoms with E-state index in [4.69, 9.17) is 5.73 Å². The molecule has 0 saturated heterocycles. The van der Waals surface area contributed by atoms with Crippen molar-refractivity contribution in [1.82, 2.24) is 10.3 Å². The Morgan fingerprint density at radius 2 is 1.97 bits per heavy atom. The molecule has 1 atom stereocenters. The minimum atomic E-state index is -4.91. The van der Waals surface area contributed by atoms with Crippen LogP contribution in [0, 0.1) is 5.92 Å². The molecule has 1 fully saturated rings. The van der Waals surface area contributed by atoms with Crippen molar-refractivity contribution >= 4 is 17.5 Å². The third-order valence-corrected chi connectivity index (χ3v) is 4.82. The minimum Gasteiger partial charge on any atom is -0.387 e. The number of carbonyl (C=O) groups is 2. The van der Waals surface area contributed by atoms with Gasteiger partial charge in [0.05, 0.1) is 22.5 Å². The predicted molar refractivity (Wildman–Crippen MR) is 96.9 cm³/mol. The number of primary amides is 1. The van der Waals surface area contributed by atoms with E-state index in [2.05, 4.69) is 10.3 Å². The molecule has 29 heavy (non-hydrogen) atoms. The van der Waals surface area contributed by atoms with E-state index in [9.17, 15) is 32.3 Å². The maximum Gasteiger partial charge on any atom is 0.471 e. The fourth-order valence-electron chi connectivity index (χ4n) is 3.05. The van der Waals surface area contributed by atoms with E-state index in [-0.39, 0.29) is 36.2 Å². The van der Waals surface area contributed by atoms with Crippen molar-refractivity contribution in [3.05, 3.63) is 23.5 Å². The largest absolute Gasteiger partial charge is 0.471 e. The van der Waals surface area contributed by atoms with Crippen LogP contribution in [0.4, 0.5) is 23.2 Å². The Kier molecular flexibility index (Phi) is 6.71. The molecule has 1 saturated carbocycles. The first kappa shape index (κ1) is 22.9. The highest BCUT2D eigenvalue weighted by Crippen LogP contribution is 2.32. The quantitative estimate of drug-likeness (QED) is 0.478. The second-order valence-electron chi connectivity index (χ2n) is 7.76. The molecule has 1 heterocycles. The normalized spacial score (nSPS) is 20.5. The van der Waals surface area contributed by atoms with Gasteiger partial charge in [-0.1, -0.05) is 0 Å². The smallest absolute Gasteiger partial charge is 0.387 e. The number of nitrogens with zero attached hydrogens (tertiary/aromatic N) is 1. The Labute approximate surface area is 165 Å². The van der Waals surface area contributed by atoms with Crippen LogP contribution in [-0.2, 0) is 11.2 Å². The Hall–Kier alpha value is -2.43. The molecule has 2 amide bonds. The molecule has 5 N–H and O–H groups in total. The lowest BCUT2D eigenvalue weighted by atomic mass is 9.80. The van der Waals surface area contributed by atoms with Gasteiger partial charge in [-0.2, -0.15) is 13.2 Å². The Bertz CT molecular complexity index is 758. The summed E-state index contributed by atoms with van der Waals surface area (Å²) in [5.41, 5.74) is 4.25. The molecular weight excluding hydrogens is 396 g/mol. The van der Waals surface area contributed by atoms with Gasteiger partial charge in [-0.25, -0.2) is 4.39 Å². The lowest BCUT2D eigenvalue weighted by molar-refractivity contribution is -0.173. The zero-order chi connectivity index (χ0) is 22.0. The third-order valence-electron chi connectivity index (χ3n) is 4.82. The van der Waals surface area contributed by atoms with Crippen molar-refractivity contribution in [2.24, 2.45) is 11.7 Å². The van der Waals surface area contributed by atoms with Crippen LogP contribution in [0.5, 0.6) is 0 Å². The van der Waals surface area contributed by atoms with Gasteiger partial charge >= 0.3 is 12.1 Å². The number of hydrogen-bond acceptors (Lipinski definition) is 5. The van der Waals surface area contributed by atoms with Gasteiger partial charge in [0.15, 0.2) is 0 Å². The molecule has 0 bridgehead atoms. The number of nitrogens with two attached hydrogens (primary N) is 1. The van der Waals surface area contributed by atoms with Gasteiger partial charge < -0.3 is 21.5 Å². The average Bonchev–Trinajstić information content (AvgIpc) is 2.54. The Morgan fingerprint density at radius 1 is 1.34 bits per heavy atom. The molecule has 0 spiro atoms. The van der Waals surface area contributed by atoms with E-state index >= 15 is 0 Å². The average molecular weight is 420 g/mol.